The maximum Gasteiger partial charge on any atom is 0.294 e. The second-order valence-corrected chi connectivity index (χ2v) is 8.55. The van der Waals surface area contributed by atoms with Crippen molar-refractivity contribution >= 4 is 29.1 Å². The molecule has 0 spiro atoms. The zero-order valence-electron chi connectivity index (χ0n) is 19.8. The van der Waals surface area contributed by atoms with Crippen molar-refractivity contribution in [2.75, 3.05) is 17.3 Å². The summed E-state index contributed by atoms with van der Waals surface area (Å²) in [4.78, 5) is 40.4. The first-order valence-electron chi connectivity index (χ1n) is 11.7. The van der Waals surface area contributed by atoms with Crippen molar-refractivity contribution < 1.29 is 23.5 Å². The highest BCUT2D eigenvalue weighted by Gasteiger charge is 2.36. The zero-order chi connectivity index (χ0) is 24.8. The van der Waals surface area contributed by atoms with E-state index in [1.807, 2.05) is 0 Å². The van der Waals surface area contributed by atoms with E-state index < -0.39 is 11.9 Å². The number of ether oxygens (including phenoxy) is 1. The number of amides is 3. The van der Waals surface area contributed by atoms with Gasteiger partial charge in [0.25, 0.3) is 5.91 Å². The Morgan fingerprint density at radius 2 is 1.77 bits per heavy atom. The van der Waals surface area contributed by atoms with Gasteiger partial charge in [-0.1, -0.05) is 25.0 Å². The van der Waals surface area contributed by atoms with Crippen LogP contribution in [0, 0.1) is 0 Å². The molecular formula is C27H29N3O5. The van der Waals surface area contributed by atoms with Gasteiger partial charge in [-0.05, 0) is 66.9 Å². The van der Waals surface area contributed by atoms with Crippen LogP contribution in [0.15, 0.2) is 71.3 Å². The number of furan rings is 1. The molecule has 1 aromatic heterocycles. The summed E-state index contributed by atoms with van der Waals surface area (Å²) in [5, 5.41) is 5.86. The third kappa shape index (κ3) is 5.71. The fourth-order valence-electron chi connectivity index (χ4n) is 4.39. The number of rotatable bonds is 8. The minimum absolute atomic E-state index is 0.0679. The average Bonchev–Trinajstić information content (AvgIpc) is 3.57. The molecule has 8 heteroatoms. The van der Waals surface area contributed by atoms with E-state index in [0.717, 1.165) is 25.7 Å². The summed E-state index contributed by atoms with van der Waals surface area (Å²) in [6.45, 7) is 1.42. The Hall–Kier alpha value is -4.07. The molecule has 2 aromatic carbocycles. The molecule has 8 nitrogen and oxygen atoms in total. The van der Waals surface area contributed by atoms with Gasteiger partial charge in [0.1, 0.15) is 11.8 Å². The van der Waals surface area contributed by atoms with Gasteiger partial charge >= 0.3 is 0 Å². The molecule has 1 aliphatic rings. The Kier molecular flexibility index (Phi) is 7.50. The van der Waals surface area contributed by atoms with Gasteiger partial charge in [0, 0.05) is 24.3 Å². The lowest BCUT2D eigenvalue weighted by atomic mass is 10.0. The second kappa shape index (κ2) is 10.9. The quantitative estimate of drug-likeness (QED) is 0.492. The van der Waals surface area contributed by atoms with Crippen molar-refractivity contribution in [1.29, 1.82) is 0 Å². The number of nitrogens with one attached hydrogen (secondary N) is 2. The first-order chi connectivity index (χ1) is 17.0. The van der Waals surface area contributed by atoms with Crippen molar-refractivity contribution in [2.24, 2.45) is 0 Å². The van der Waals surface area contributed by atoms with Crippen molar-refractivity contribution in [3.8, 4) is 5.75 Å². The Morgan fingerprint density at radius 3 is 2.40 bits per heavy atom. The van der Waals surface area contributed by atoms with Crippen LogP contribution < -0.4 is 20.3 Å². The van der Waals surface area contributed by atoms with Crippen LogP contribution in [0.2, 0.25) is 0 Å². The predicted octanol–water partition coefficient (Wildman–Crippen LogP) is 4.69. The predicted molar refractivity (Wildman–Crippen MR) is 132 cm³/mol. The summed E-state index contributed by atoms with van der Waals surface area (Å²) in [7, 11) is 1.55. The van der Waals surface area contributed by atoms with E-state index in [9.17, 15) is 14.4 Å². The third-order valence-electron chi connectivity index (χ3n) is 6.03. The number of anilines is 2. The van der Waals surface area contributed by atoms with Crippen molar-refractivity contribution in [1.82, 2.24) is 5.32 Å². The van der Waals surface area contributed by atoms with Crippen LogP contribution in [-0.2, 0) is 9.59 Å². The van der Waals surface area contributed by atoms with Crippen LogP contribution in [0.4, 0.5) is 11.4 Å². The van der Waals surface area contributed by atoms with E-state index in [4.69, 9.17) is 9.15 Å². The highest BCUT2D eigenvalue weighted by atomic mass is 16.5. The van der Waals surface area contributed by atoms with Gasteiger partial charge in [0.15, 0.2) is 5.76 Å². The number of carbonyl (C=O) groups excluding carboxylic acids is 3. The molecule has 1 heterocycles. The standard InChI is InChI=1S/C27H29N3O5/c1-18(31)28-21-12-14-22(15-13-21)30(27(33)24-11-6-16-35-24)25(19-7-5-10-23(17-19)34-2)26(32)29-20-8-3-4-9-20/h5-7,10-17,20,25H,3-4,8-9H2,1-2H3,(H,28,31)(H,29,32). The highest BCUT2D eigenvalue weighted by molar-refractivity contribution is 6.08. The normalized spacial score (nSPS) is 14.2. The lowest BCUT2D eigenvalue weighted by Gasteiger charge is -2.32. The fraction of sp³-hybridized carbons (Fsp3) is 0.296. The molecule has 3 aromatic rings. The molecule has 1 atom stereocenters. The lowest BCUT2D eigenvalue weighted by molar-refractivity contribution is -0.123. The maximum absolute atomic E-state index is 13.8. The van der Waals surface area contributed by atoms with Crippen molar-refractivity contribution in [3.05, 3.63) is 78.3 Å². The number of carbonyl (C=O) groups is 3. The molecule has 1 unspecified atom stereocenters. The second-order valence-electron chi connectivity index (χ2n) is 8.55. The van der Waals surface area contributed by atoms with Crippen LogP contribution in [0.1, 0.15) is 54.8 Å². The molecular weight excluding hydrogens is 446 g/mol. The molecule has 2 N–H and O–H groups in total. The molecule has 4 rings (SSSR count). The lowest BCUT2D eigenvalue weighted by Crippen LogP contribution is -2.46. The summed E-state index contributed by atoms with van der Waals surface area (Å²) in [5.74, 6) is -0.260. The molecule has 35 heavy (non-hydrogen) atoms. The Balaban J connectivity index is 1.80. The van der Waals surface area contributed by atoms with Crippen LogP contribution in [-0.4, -0.2) is 30.9 Å². The van der Waals surface area contributed by atoms with Gasteiger partial charge in [-0.25, -0.2) is 0 Å². The van der Waals surface area contributed by atoms with Crippen molar-refractivity contribution in [3.63, 3.8) is 0 Å². The largest absolute Gasteiger partial charge is 0.497 e. The van der Waals surface area contributed by atoms with E-state index >= 15 is 0 Å². The third-order valence-corrected chi connectivity index (χ3v) is 6.03. The van der Waals surface area contributed by atoms with Crippen LogP contribution in [0.3, 0.4) is 0 Å². The van der Waals surface area contributed by atoms with Crippen LogP contribution >= 0.6 is 0 Å². The average molecular weight is 476 g/mol. The van der Waals surface area contributed by atoms with E-state index in [2.05, 4.69) is 10.6 Å². The maximum atomic E-state index is 13.8. The molecule has 0 saturated heterocycles. The molecule has 3 amide bonds. The molecule has 182 valence electrons. The van der Waals surface area contributed by atoms with E-state index in [-0.39, 0.29) is 23.6 Å². The highest BCUT2D eigenvalue weighted by Crippen LogP contribution is 2.33. The van der Waals surface area contributed by atoms with E-state index in [0.29, 0.717) is 22.7 Å². The summed E-state index contributed by atoms with van der Waals surface area (Å²) in [6, 6.07) is 16.2. The molecule has 0 bridgehead atoms. The van der Waals surface area contributed by atoms with Crippen molar-refractivity contribution in [2.45, 2.75) is 44.7 Å². The summed E-state index contributed by atoms with van der Waals surface area (Å²) in [6.07, 6.45) is 5.37. The monoisotopic (exact) mass is 475 g/mol. The minimum atomic E-state index is -0.977. The minimum Gasteiger partial charge on any atom is -0.497 e. The number of methoxy groups -OCH3 is 1. The Morgan fingerprint density at radius 1 is 1.03 bits per heavy atom. The van der Waals surface area contributed by atoms with E-state index in [1.54, 1.807) is 67.8 Å². The first-order valence-corrected chi connectivity index (χ1v) is 11.7. The Labute approximate surface area is 204 Å². The number of hydrogen-bond donors (Lipinski definition) is 2. The van der Waals surface area contributed by atoms with Gasteiger partial charge in [-0.3, -0.25) is 19.3 Å². The molecule has 1 aliphatic carbocycles. The summed E-state index contributed by atoms with van der Waals surface area (Å²) < 4.78 is 10.8. The fourth-order valence-corrected chi connectivity index (χ4v) is 4.39. The molecule has 1 saturated carbocycles. The number of hydrogen-bond acceptors (Lipinski definition) is 5. The Bertz CT molecular complexity index is 1170. The van der Waals surface area contributed by atoms with Gasteiger partial charge in [-0.15, -0.1) is 0 Å². The molecule has 1 fully saturated rings. The summed E-state index contributed by atoms with van der Waals surface area (Å²) >= 11 is 0. The SMILES string of the molecule is COc1cccc(C(C(=O)NC2CCCC2)N(C(=O)c2ccco2)c2ccc(NC(C)=O)cc2)c1. The van der Waals surface area contributed by atoms with Gasteiger partial charge in [0.2, 0.25) is 11.8 Å². The van der Waals surface area contributed by atoms with Gasteiger partial charge in [-0.2, -0.15) is 0 Å². The van der Waals surface area contributed by atoms with Crippen LogP contribution in [0.5, 0.6) is 5.75 Å². The van der Waals surface area contributed by atoms with Crippen LogP contribution in [0.25, 0.3) is 0 Å². The molecule has 0 aliphatic heterocycles. The first kappa shape index (κ1) is 24.1. The summed E-state index contributed by atoms with van der Waals surface area (Å²) in [5.41, 5.74) is 1.67. The number of nitrogens with zero attached hydrogens (tertiary/aromatic N) is 1. The smallest absolute Gasteiger partial charge is 0.294 e. The topological polar surface area (TPSA) is 101 Å². The zero-order valence-corrected chi connectivity index (χ0v) is 19.8. The number of benzene rings is 2. The van der Waals surface area contributed by atoms with Gasteiger partial charge < -0.3 is 19.8 Å². The van der Waals surface area contributed by atoms with E-state index in [1.165, 1.54) is 18.1 Å². The molecule has 0 radical (unpaired) electrons. The van der Waals surface area contributed by atoms with Gasteiger partial charge in [0.05, 0.1) is 13.4 Å².